The average Bonchev–Trinajstić information content (AvgIpc) is 2.62. The van der Waals surface area contributed by atoms with Crippen molar-refractivity contribution in [3.8, 4) is 5.75 Å². The lowest BCUT2D eigenvalue weighted by Crippen LogP contribution is -2.15. The van der Waals surface area contributed by atoms with E-state index in [0.717, 1.165) is 0 Å². The fourth-order valence-electron chi connectivity index (χ4n) is 2.20. The molecule has 0 bridgehead atoms. The lowest BCUT2D eigenvalue weighted by atomic mass is 10.2. The smallest absolute Gasteiger partial charge is 0.344 e. The normalized spacial score (nSPS) is 10.9. The minimum absolute atomic E-state index is 0.0584. The molecule has 0 aromatic heterocycles. The van der Waals surface area contributed by atoms with Crippen LogP contribution in [0.1, 0.15) is 12.5 Å². The Balaban J connectivity index is 2.14. The number of nitrogens with one attached hydrogen (secondary N) is 1. The second-order valence-electron chi connectivity index (χ2n) is 5.38. The first kappa shape index (κ1) is 20.2. The minimum atomic E-state index is -3.95. The Morgan fingerprint density at radius 2 is 1.85 bits per heavy atom. The van der Waals surface area contributed by atoms with Crippen molar-refractivity contribution in [1.82, 2.24) is 0 Å². The number of ether oxygens (including phenoxy) is 2. The van der Waals surface area contributed by atoms with E-state index < -0.39 is 20.9 Å². The highest BCUT2D eigenvalue weighted by molar-refractivity contribution is 7.92. The molecule has 0 fully saturated rings. The Hall–Kier alpha value is -3.14. The predicted octanol–water partition coefficient (Wildman–Crippen LogP) is 2.65. The van der Waals surface area contributed by atoms with Crippen LogP contribution < -0.4 is 9.46 Å². The molecule has 0 unspecified atom stereocenters. The third-order valence-electron chi connectivity index (χ3n) is 3.54. The van der Waals surface area contributed by atoms with Crippen LogP contribution in [0.5, 0.6) is 5.75 Å². The quantitative estimate of drug-likeness (QED) is 0.414. The summed E-state index contributed by atoms with van der Waals surface area (Å²) in [5, 5.41) is 11.0. The highest BCUT2D eigenvalue weighted by atomic mass is 32.2. The molecule has 2 aromatic carbocycles. The van der Waals surface area contributed by atoms with Gasteiger partial charge in [-0.25, -0.2) is 13.2 Å². The van der Waals surface area contributed by atoms with Gasteiger partial charge in [0.2, 0.25) is 0 Å². The molecule has 0 aliphatic heterocycles. The first-order chi connectivity index (χ1) is 12.7. The van der Waals surface area contributed by atoms with Gasteiger partial charge in [-0.3, -0.25) is 14.8 Å². The number of carbonyl (C=O) groups excluding carboxylic acids is 1. The molecule has 1 N–H and O–H groups in total. The van der Waals surface area contributed by atoms with Crippen molar-refractivity contribution in [2.45, 2.75) is 18.7 Å². The van der Waals surface area contributed by atoms with E-state index in [9.17, 15) is 23.3 Å². The molecule has 0 aliphatic rings. The molecular formula is C17H18N2O7S. The minimum Gasteiger partial charge on any atom is -0.482 e. The van der Waals surface area contributed by atoms with Gasteiger partial charge in [-0.05, 0) is 44.2 Å². The van der Waals surface area contributed by atoms with Crippen LogP contribution >= 0.6 is 0 Å². The van der Waals surface area contributed by atoms with Gasteiger partial charge in [-0.2, -0.15) is 0 Å². The van der Waals surface area contributed by atoms with E-state index in [2.05, 4.69) is 4.72 Å². The Morgan fingerprint density at radius 3 is 2.44 bits per heavy atom. The highest BCUT2D eigenvalue weighted by Gasteiger charge is 2.19. The zero-order valence-electron chi connectivity index (χ0n) is 14.7. The SMILES string of the molecule is CCOC(=O)COc1ccc(S(=O)(=O)Nc2cccc([N+](=O)[O-])c2C)cc1. The van der Waals surface area contributed by atoms with Gasteiger partial charge in [0.25, 0.3) is 15.7 Å². The van der Waals surface area contributed by atoms with E-state index in [1.807, 2.05) is 0 Å². The maximum atomic E-state index is 12.5. The van der Waals surface area contributed by atoms with Crippen molar-refractivity contribution in [1.29, 1.82) is 0 Å². The molecule has 0 radical (unpaired) electrons. The van der Waals surface area contributed by atoms with Gasteiger partial charge in [-0.15, -0.1) is 0 Å². The second-order valence-corrected chi connectivity index (χ2v) is 7.06. The van der Waals surface area contributed by atoms with Crippen molar-refractivity contribution in [2.24, 2.45) is 0 Å². The third-order valence-corrected chi connectivity index (χ3v) is 4.92. The first-order valence-corrected chi connectivity index (χ1v) is 9.38. The van der Waals surface area contributed by atoms with Gasteiger partial charge < -0.3 is 9.47 Å². The molecule has 0 spiro atoms. The van der Waals surface area contributed by atoms with Crippen molar-refractivity contribution in [3.05, 3.63) is 58.1 Å². The van der Waals surface area contributed by atoms with Crippen LogP contribution in [0.2, 0.25) is 0 Å². The number of nitro groups is 1. The molecule has 2 rings (SSSR count). The predicted molar refractivity (Wildman–Crippen MR) is 97.2 cm³/mol. The summed E-state index contributed by atoms with van der Waals surface area (Å²) in [5.74, 6) is -0.231. The summed E-state index contributed by atoms with van der Waals surface area (Å²) in [6.45, 7) is 3.09. The third kappa shape index (κ3) is 5.17. The average molecular weight is 394 g/mol. The Morgan fingerprint density at radius 1 is 1.19 bits per heavy atom. The molecule has 10 heteroatoms. The number of esters is 1. The van der Waals surface area contributed by atoms with Gasteiger partial charge in [-0.1, -0.05) is 6.07 Å². The zero-order valence-corrected chi connectivity index (χ0v) is 15.5. The lowest BCUT2D eigenvalue weighted by Gasteiger charge is -2.11. The van der Waals surface area contributed by atoms with Crippen molar-refractivity contribution in [3.63, 3.8) is 0 Å². The fraction of sp³-hybridized carbons (Fsp3) is 0.235. The van der Waals surface area contributed by atoms with Crippen molar-refractivity contribution in [2.75, 3.05) is 17.9 Å². The van der Waals surface area contributed by atoms with Gasteiger partial charge in [0.1, 0.15) is 5.75 Å². The molecule has 2 aromatic rings. The Bertz CT molecular complexity index is 940. The molecule has 0 atom stereocenters. The standard InChI is InChI=1S/C17H18N2O7S/c1-3-25-17(20)11-26-13-7-9-14(10-8-13)27(23,24)18-15-5-4-6-16(12(15)2)19(21)22/h4-10,18H,3,11H2,1-2H3. The topological polar surface area (TPSA) is 125 Å². The molecule has 9 nitrogen and oxygen atoms in total. The number of rotatable bonds is 8. The number of nitrogens with zero attached hydrogens (tertiary/aromatic N) is 1. The van der Waals surface area contributed by atoms with Gasteiger partial charge in [0.15, 0.2) is 6.61 Å². The van der Waals surface area contributed by atoms with Crippen molar-refractivity contribution < 1.29 is 27.6 Å². The van der Waals surface area contributed by atoms with E-state index in [1.165, 1.54) is 49.4 Å². The molecule has 0 saturated carbocycles. The summed E-state index contributed by atoms with van der Waals surface area (Å²) in [5.41, 5.74) is 0.144. The van der Waals surface area contributed by atoms with E-state index in [0.29, 0.717) is 5.75 Å². The molecule has 27 heavy (non-hydrogen) atoms. The summed E-state index contributed by atoms with van der Waals surface area (Å²) in [6.07, 6.45) is 0. The van der Waals surface area contributed by atoms with Gasteiger partial charge in [0.05, 0.1) is 27.7 Å². The summed E-state index contributed by atoms with van der Waals surface area (Å²) in [7, 11) is -3.95. The summed E-state index contributed by atoms with van der Waals surface area (Å²) in [4.78, 5) is 21.6. The fourth-order valence-corrected chi connectivity index (χ4v) is 3.32. The number of carbonyl (C=O) groups is 1. The van der Waals surface area contributed by atoms with Gasteiger partial charge >= 0.3 is 5.97 Å². The number of anilines is 1. The molecule has 0 aliphatic carbocycles. The van der Waals surface area contributed by atoms with Crippen LogP contribution in [0.4, 0.5) is 11.4 Å². The first-order valence-electron chi connectivity index (χ1n) is 7.90. The molecule has 0 heterocycles. The highest BCUT2D eigenvalue weighted by Crippen LogP contribution is 2.27. The van der Waals surface area contributed by atoms with Crippen LogP contribution in [0.15, 0.2) is 47.4 Å². The van der Waals surface area contributed by atoms with E-state index in [1.54, 1.807) is 6.92 Å². The number of nitro benzene ring substituents is 1. The monoisotopic (exact) mass is 394 g/mol. The van der Waals surface area contributed by atoms with Crippen LogP contribution in [0.25, 0.3) is 0 Å². The number of benzene rings is 2. The summed E-state index contributed by atoms with van der Waals surface area (Å²) in [6, 6.07) is 9.53. The molecular weight excluding hydrogens is 376 g/mol. The van der Waals surface area contributed by atoms with Crippen LogP contribution in [0.3, 0.4) is 0 Å². The molecule has 144 valence electrons. The Kier molecular flexibility index (Phi) is 6.35. The van der Waals surface area contributed by atoms with Crippen LogP contribution in [-0.2, 0) is 19.6 Å². The zero-order chi connectivity index (χ0) is 20.0. The number of hydrogen-bond acceptors (Lipinski definition) is 7. The van der Waals surface area contributed by atoms with E-state index >= 15 is 0 Å². The van der Waals surface area contributed by atoms with E-state index in [-0.39, 0.29) is 35.0 Å². The van der Waals surface area contributed by atoms with Gasteiger partial charge in [0, 0.05) is 6.07 Å². The van der Waals surface area contributed by atoms with E-state index in [4.69, 9.17) is 9.47 Å². The number of sulfonamides is 1. The largest absolute Gasteiger partial charge is 0.482 e. The van der Waals surface area contributed by atoms with Crippen molar-refractivity contribution >= 4 is 27.4 Å². The molecule has 0 saturated heterocycles. The van der Waals surface area contributed by atoms with Crippen LogP contribution in [0, 0.1) is 17.0 Å². The molecule has 0 amide bonds. The maximum Gasteiger partial charge on any atom is 0.344 e. The maximum absolute atomic E-state index is 12.5. The lowest BCUT2D eigenvalue weighted by molar-refractivity contribution is -0.385. The second kappa shape index (κ2) is 8.49. The van der Waals surface area contributed by atoms with Crippen LogP contribution in [-0.4, -0.2) is 32.5 Å². The summed E-state index contributed by atoms with van der Waals surface area (Å²) < 4.78 is 37.3. The number of hydrogen-bond donors (Lipinski definition) is 1. The Labute approximate surface area is 156 Å². The summed E-state index contributed by atoms with van der Waals surface area (Å²) >= 11 is 0.